The van der Waals surface area contributed by atoms with E-state index in [0.717, 1.165) is 18.4 Å². The molecule has 4 heteroatoms. The monoisotopic (exact) mass is 265 g/mol. The molecule has 0 saturated carbocycles. The van der Waals surface area contributed by atoms with Crippen molar-refractivity contribution in [2.45, 2.75) is 51.9 Å². The molecule has 0 aromatic heterocycles. The highest BCUT2D eigenvalue weighted by Crippen LogP contribution is 2.05. The van der Waals surface area contributed by atoms with Gasteiger partial charge in [0.1, 0.15) is 6.61 Å². The van der Waals surface area contributed by atoms with Crippen molar-refractivity contribution in [3.63, 3.8) is 0 Å². The molecule has 1 rings (SSSR count). The van der Waals surface area contributed by atoms with E-state index in [0.29, 0.717) is 6.42 Å². The highest BCUT2D eigenvalue weighted by molar-refractivity contribution is 5.67. The fourth-order valence-electron chi connectivity index (χ4n) is 1.71. The maximum atomic E-state index is 11.6. The molecule has 19 heavy (non-hydrogen) atoms. The van der Waals surface area contributed by atoms with E-state index in [4.69, 9.17) is 4.74 Å². The molecule has 1 amide bonds. The first-order valence-corrected chi connectivity index (χ1v) is 6.78. The highest BCUT2D eigenvalue weighted by Gasteiger charge is 2.16. The van der Waals surface area contributed by atoms with Gasteiger partial charge in [-0.2, -0.15) is 0 Å². The lowest BCUT2D eigenvalue weighted by Gasteiger charge is -2.19. The number of nitrogens with one attached hydrogen (secondary N) is 1. The van der Waals surface area contributed by atoms with Crippen LogP contribution in [0.5, 0.6) is 0 Å². The summed E-state index contributed by atoms with van der Waals surface area (Å²) in [6.07, 6.45) is 1.65. The smallest absolute Gasteiger partial charge is 0.407 e. The number of rotatable bonds is 7. The van der Waals surface area contributed by atoms with Crippen LogP contribution in [0, 0.1) is 0 Å². The van der Waals surface area contributed by atoms with Crippen molar-refractivity contribution in [2.75, 3.05) is 0 Å². The van der Waals surface area contributed by atoms with Crippen molar-refractivity contribution >= 4 is 6.09 Å². The van der Waals surface area contributed by atoms with Crippen molar-refractivity contribution < 1.29 is 14.6 Å². The zero-order chi connectivity index (χ0) is 14.1. The number of aliphatic hydroxyl groups excluding tert-OH is 1. The van der Waals surface area contributed by atoms with Crippen LogP contribution in [0.15, 0.2) is 30.3 Å². The lowest BCUT2D eigenvalue weighted by Crippen LogP contribution is -2.41. The Kier molecular flexibility index (Phi) is 6.97. The summed E-state index contributed by atoms with van der Waals surface area (Å²) in [5.74, 6) is 0. The molecule has 0 fully saturated rings. The molecule has 1 aromatic rings. The quantitative estimate of drug-likeness (QED) is 0.797. The summed E-state index contributed by atoms with van der Waals surface area (Å²) in [4.78, 5) is 11.6. The Hall–Kier alpha value is -1.55. The fraction of sp³-hybridized carbons (Fsp3) is 0.533. The van der Waals surface area contributed by atoms with Gasteiger partial charge in [0, 0.05) is 0 Å². The Bertz CT molecular complexity index is 367. The number of carbonyl (C=O) groups is 1. The minimum atomic E-state index is -0.524. The summed E-state index contributed by atoms with van der Waals surface area (Å²) >= 11 is 0. The first-order valence-electron chi connectivity index (χ1n) is 6.78. The number of alkyl carbamates (subject to hydrolysis) is 1. The van der Waals surface area contributed by atoms with Gasteiger partial charge in [0.05, 0.1) is 12.1 Å². The summed E-state index contributed by atoms with van der Waals surface area (Å²) in [7, 11) is 0. The maximum Gasteiger partial charge on any atom is 0.407 e. The molecule has 2 N–H and O–H groups in total. The van der Waals surface area contributed by atoms with Crippen LogP contribution in [0.1, 0.15) is 38.7 Å². The van der Waals surface area contributed by atoms with Crippen LogP contribution in [0.4, 0.5) is 4.79 Å². The van der Waals surface area contributed by atoms with Gasteiger partial charge in [-0.3, -0.25) is 0 Å². The molecule has 1 aromatic carbocycles. The second-order valence-corrected chi connectivity index (χ2v) is 4.70. The third-order valence-corrected chi connectivity index (χ3v) is 2.99. The Balaban J connectivity index is 2.27. The number of ether oxygens (including phenoxy) is 1. The molecular weight excluding hydrogens is 242 g/mol. The lowest BCUT2D eigenvalue weighted by molar-refractivity contribution is 0.100. The second-order valence-electron chi connectivity index (χ2n) is 4.70. The minimum absolute atomic E-state index is 0.241. The third kappa shape index (κ3) is 6.25. The van der Waals surface area contributed by atoms with Gasteiger partial charge >= 0.3 is 6.09 Å². The number of carbonyl (C=O) groups excluding carboxylic acids is 1. The van der Waals surface area contributed by atoms with E-state index in [1.807, 2.05) is 30.3 Å². The van der Waals surface area contributed by atoms with Gasteiger partial charge in [-0.15, -0.1) is 0 Å². The van der Waals surface area contributed by atoms with Crippen LogP contribution in [0.25, 0.3) is 0 Å². The van der Waals surface area contributed by atoms with Crippen LogP contribution in [0.2, 0.25) is 0 Å². The molecule has 0 spiro atoms. The second kappa shape index (κ2) is 8.53. The Morgan fingerprint density at radius 1 is 1.37 bits per heavy atom. The zero-order valence-corrected chi connectivity index (χ0v) is 11.6. The standard InChI is InChI=1S/C15H23NO3/c1-3-4-10-14(17)12(2)16-15(18)19-11-13-8-6-5-7-9-13/h5-9,12,14,17H,3-4,10-11H2,1-2H3,(H,16,18). The summed E-state index contributed by atoms with van der Waals surface area (Å²) in [5.41, 5.74) is 0.942. The molecule has 0 aliphatic rings. The fourth-order valence-corrected chi connectivity index (χ4v) is 1.71. The van der Waals surface area contributed by atoms with E-state index < -0.39 is 12.2 Å². The van der Waals surface area contributed by atoms with Gasteiger partial charge in [-0.05, 0) is 18.9 Å². The van der Waals surface area contributed by atoms with Gasteiger partial charge in [-0.25, -0.2) is 4.79 Å². The predicted molar refractivity (Wildman–Crippen MR) is 74.8 cm³/mol. The molecule has 0 aliphatic heterocycles. The molecule has 0 bridgehead atoms. The maximum absolute atomic E-state index is 11.6. The van der Waals surface area contributed by atoms with E-state index in [2.05, 4.69) is 12.2 Å². The predicted octanol–water partition coefficient (Wildman–Crippen LogP) is 2.85. The van der Waals surface area contributed by atoms with Gasteiger partial charge in [0.25, 0.3) is 0 Å². The molecule has 106 valence electrons. The Morgan fingerprint density at radius 3 is 2.68 bits per heavy atom. The molecule has 0 aliphatic carbocycles. The molecule has 0 radical (unpaired) electrons. The first kappa shape index (κ1) is 15.5. The van der Waals surface area contributed by atoms with Crippen LogP contribution in [0.3, 0.4) is 0 Å². The number of hydrogen-bond donors (Lipinski definition) is 2. The average Bonchev–Trinajstić information content (AvgIpc) is 2.43. The summed E-state index contributed by atoms with van der Waals surface area (Å²) in [6.45, 7) is 4.09. The van der Waals surface area contributed by atoms with Crippen LogP contribution in [-0.2, 0) is 11.3 Å². The number of hydrogen-bond acceptors (Lipinski definition) is 3. The molecule has 0 saturated heterocycles. The minimum Gasteiger partial charge on any atom is -0.445 e. The van der Waals surface area contributed by atoms with Crippen molar-refractivity contribution in [1.82, 2.24) is 5.32 Å². The summed E-state index contributed by atoms with van der Waals surface area (Å²) in [6, 6.07) is 9.20. The number of unbranched alkanes of at least 4 members (excludes halogenated alkanes) is 1. The molecule has 2 unspecified atom stereocenters. The molecule has 4 nitrogen and oxygen atoms in total. The van der Waals surface area contributed by atoms with Gasteiger partial charge < -0.3 is 15.2 Å². The normalized spacial score (nSPS) is 13.6. The molecule has 2 atom stereocenters. The topological polar surface area (TPSA) is 58.6 Å². The highest BCUT2D eigenvalue weighted by atomic mass is 16.5. The Morgan fingerprint density at radius 2 is 2.05 bits per heavy atom. The van der Waals surface area contributed by atoms with E-state index in [1.54, 1.807) is 6.92 Å². The van der Waals surface area contributed by atoms with Gasteiger partial charge in [-0.1, -0.05) is 50.1 Å². The van der Waals surface area contributed by atoms with Crippen molar-refractivity contribution in [3.8, 4) is 0 Å². The lowest BCUT2D eigenvalue weighted by atomic mass is 10.1. The van der Waals surface area contributed by atoms with Crippen LogP contribution in [-0.4, -0.2) is 23.3 Å². The van der Waals surface area contributed by atoms with E-state index in [1.165, 1.54) is 0 Å². The largest absolute Gasteiger partial charge is 0.445 e. The first-order chi connectivity index (χ1) is 9.13. The van der Waals surface area contributed by atoms with Crippen LogP contribution < -0.4 is 5.32 Å². The van der Waals surface area contributed by atoms with E-state index >= 15 is 0 Å². The summed E-state index contributed by atoms with van der Waals surface area (Å²) < 4.78 is 5.09. The number of aliphatic hydroxyl groups is 1. The summed E-state index contributed by atoms with van der Waals surface area (Å²) in [5, 5.41) is 12.5. The van der Waals surface area contributed by atoms with Crippen LogP contribution >= 0.6 is 0 Å². The van der Waals surface area contributed by atoms with E-state index in [-0.39, 0.29) is 12.6 Å². The third-order valence-electron chi connectivity index (χ3n) is 2.99. The zero-order valence-electron chi connectivity index (χ0n) is 11.6. The Labute approximate surface area is 114 Å². The van der Waals surface area contributed by atoms with Gasteiger partial charge in [0.15, 0.2) is 0 Å². The van der Waals surface area contributed by atoms with E-state index in [9.17, 15) is 9.90 Å². The van der Waals surface area contributed by atoms with Crippen molar-refractivity contribution in [2.24, 2.45) is 0 Å². The number of benzene rings is 1. The van der Waals surface area contributed by atoms with Crippen molar-refractivity contribution in [1.29, 1.82) is 0 Å². The molecule has 0 heterocycles. The van der Waals surface area contributed by atoms with Crippen molar-refractivity contribution in [3.05, 3.63) is 35.9 Å². The molecular formula is C15H23NO3. The SMILES string of the molecule is CCCCC(O)C(C)NC(=O)OCc1ccccc1. The van der Waals surface area contributed by atoms with Gasteiger partial charge in [0.2, 0.25) is 0 Å². The number of amides is 1. The average molecular weight is 265 g/mol.